The molecule has 0 amide bonds. The van der Waals surface area contributed by atoms with E-state index in [0.29, 0.717) is 15.1 Å². The van der Waals surface area contributed by atoms with E-state index in [9.17, 15) is 4.39 Å². The van der Waals surface area contributed by atoms with Crippen molar-refractivity contribution in [2.45, 2.75) is 19.2 Å². The van der Waals surface area contributed by atoms with Crippen molar-refractivity contribution in [3.8, 4) is 0 Å². The summed E-state index contributed by atoms with van der Waals surface area (Å²) in [7, 11) is 0. The zero-order valence-electron chi connectivity index (χ0n) is 10.5. The van der Waals surface area contributed by atoms with Gasteiger partial charge in [-0.1, -0.05) is 35.4 Å². The summed E-state index contributed by atoms with van der Waals surface area (Å²) in [5, 5.41) is -0.0992. The van der Waals surface area contributed by atoms with Crippen molar-refractivity contribution < 1.29 is 4.39 Å². The molecule has 0 aliphatic carbocycles. The summed E-state index contributed by atoms with van der Waals surface area (Å²) in [6, 6.07) is 8.88. The predicted octanol–water partition coefficient (Wildman–Crippen LogP) is 6.19. The highest BCUT2D eigenvalue weighted by molar-refractivity contribution is 9.10. The normalized spacial score (nSPS) is 12.5. The van der Waals surface area contributed by atoms with Crippen molar-refractivity contribution in [3.63, 3.8) is 0 Å². The average molecular weight is 362 g/mol. The number of aryl methyl sites for hydroxylation is 2. The molecule has 0 nitrogen and oxygen atoms in total. The van der Waals surface area contributed by atoms with Gasteiger partial charge in [0, 0.05) is 10.0 Å². The van der Waals surface area contributed by atoms with Gasteiger partial charge in [0.2, 0.25) is 0 Å². The standard InChI is InChI=1S/C15H12BrCl2F/c1-8-3-4-9(2)10(5-8)15(18)11-6-13(17)12(16)7-14(11)19/h3-7,15H,1-2H3. The van der Waals surface area contributed by atoms with Crippen molar-refractivity contribution in [3.05, 3.63) is 67.9 Å². The lowest BCUT2D eigenvalue weighted by Gasteiger charge is -2.15. The molecule has 0 aliphatic heterocycles. The molecule has 100 valence electrons. The van der Waals surface area contributed by atoms with Gasteiger partial charge in [-0.3, -0.25) is 0 Å². The molecule has 2 aromatic carbocycles. The first-order chi connectivity index (χ1) is 8.90. The highest BCUT2D eigenvalue weighted by atomic mass is 79.9. The fraction of sp³-hybridized carbons (Fsp3) is 0.200. The third kappa shape index (κ3) is 3.13. The molecule has 0 fully saturated rings. The maximum atomic E-state index is 14.0. The SMILES string of the molecule is Cc1ccc(C)c(C(Cl)c2cc(Cl)c(Br)cc2F)c1. The molecule has 19 heavy (non-hydrogen) atoms. The van der Waals surface area contributed by atoms with Gasteiger partial charge in [-0.2, -0.15) is 0 Å². The highest BCUT2D eigenvalue weighted by Crippen LogP contribution is 2.36. The van der Waals surface area contributed by atoms with E-state index in [1.807, 2.05) is 32.0 Å². The van der Waals surface area contributed by atoms with Crippen LogP contribution in [0, 0.1) is 19.7 Å². The zero-order valence-corrected chi connectivity index (χ0v) is 13.6. The molecular weight excluding hydrogens is 350 g/mol. The Hall–Kier alpha value is -0.570. The summed E-state index contributed by atoms with van der Waals surface area (Å²) >= 11 is 15.6. The van der Waals surface area contributed by atoms with E-state index in [4.69, 9.17) is 23.2 Å². The van der Waals surface area contributed by atoms with Gasteiger partial charge in [-0.15, -0.1) is 11.6 Å². The molecule has 2 aromatic rings. The lowest BCUT2D eigenvalue weighted by Crippen LogP contribution is -2.00. The second kappa shape index (κ2) is 5.82. The van der Waals surface area contributed by atoms with Crippen LogP contribution in [0.15, 0.2) is 34.8 Å². The van der Waals surface area contributed by atoms with Gasteiger partial charge >= 0.3 is 0 Å². The maximum Gasteiger partial charge on any atom is 0.129 e. The smallest absolute Gasteiger partial charge is 0.129 e. The Bertz CT molecular complexity index is 626. The van der Waals surface area contributed by atoms with Gasteiger partial charge in [-0.05, 0) is 53.0 Å². The minimum atomic E-state index is -0.550. The van der Waals surface area contributed by atoms with Crippen LogP contribution in [0.5, 0.6) is 0 Å². The lowest BCUT2D eigenvalue weighted by molar-refractivity contribution is 0.611. The molecule has 1 unspecified atom stereocenters. The molecule has 4 heteroatoms. The first kappa shape index (κ1) is 14.8. The number of alkyl halides is 1. The minimum absolute atomic E-state index is 0.364. The van der Waals surface area contributed by atoms with E-state index in [1.54, 1.807) is 6.07 Å². The molecule has 0 bridgehead atoms. The van der Waals surface area contributed by atoms with E-state index < -0.39 is 5.38 Å². The molecule has 0 radical (unpaired) electrons. The van der Waals surface area contributed by atoms with Gasteiger partial charge in [0.1, 0.15) is 5.82 Å². The van der Waals surface area contributed by atoms with Crippen LogP contribution in [0.25, 0.3) is 0 Å². The van der Waals surface area contributed by atoms with Crippen molar-refractivity contribution in [1.29, 1.82) is 0 Å². The molecule has 0 spiro atoms. The van der Waals surface area contributed by atoms with Crippen LogP contribution < -0.4 is 0 Å². The van der Waals surface area contributed by atoms with Crippen molar-refractivity contribution in [1.82, 2.24) is 0 Å². The summed E-state index contributed by atoms with van der Waals surface area (Å²) in [5.41, 5.74) is 3.42. The molecule has 2 rings (SSSR count). The van der Waals surface area contributed by atoms with Crippen LogP contribution in [0.4, 0.5) is 4.39 Å². The Labute approximate surface area is 130 Å². The van der Waals surface area contributed by atoms with E-state index in [2.05, 4.69) is 15.9 Å². The van der Waals surface area contributed by atoms with Crippen molar-refractivity contribution in [2.24, 2.45) is 0 Å². The van der Waals surface area contributed by atoms with E-state index in [1.165, 1.54) is 6.07 Å². The third-order valence-corrected chi connectivity index (χ3v) is 4.69. The summed E-state index contributed by atoms with van der Waals surface area (Å²) in [5.74, 6) is -0.364. The topological polar surface area (TPSA) is 0 Å². The summed E-state index contributed by atoms with van der Waals surface area (Å²) < 4.78 is 14.6. The second-order valence-electron chi connectivity index (χ2n) is 4.51. The van der Waals surface area contributed by atoms with Crippen molar-refractivity contribution >= 4 is 39.1 Å². The number of benzene rings is 2. The first-order valence-corrected chi connectivity index (χ1v) is 7.36. The Balaban J connectivity index is 2.52. The van der Waals surface area contributed by atoms with E-state index in [0.717, 1.165) is 16.7 Å². The summed E-state index contributed by atoms with van der Waals surface area (Å²) in [4.78, 5) is 0. The molecule has 0 saturated heterocycles. The Morgan fingerprint density at radius 3 is 2.47 bits per heavy atom. The van der Waals surface area contributed by atoms with Crippen LogP contribution in [-0.4, -0.2) is 0 Å². The van der Waals surface area contributed by atoms with Gasteiger partial charge in [0.05, 0.1) is 10.4 Å². The van der Waals surface area contributed by atoms with Crippen LogP contribution in [0.3, 0.4) is 0 Å². The first-order valence-electron chi connectivity index (χ1n) is 5.76. The van der Waals surface area contributed by atoms with Crippen LogP contribution in [0.1, 0.15) is 27.6 Å². The van der Waals surface area contributed by atoms with E-state index in [-0.39, 0.29) is 5.82 Å². The summed E-state index contributed by atoms with van der Waals surface area (Å²) in [6.07, 6.45) is 0. The molecular formula is C15H12BrCl2F. The monoisotopic (exact) mass is 360 g/mol. The number of rotatable bonds is 2. The molecule has 0 heterocycles. The fourth-order valence-electron chi connectivity index (χ4n) is 1.93. The Morgan fingerprint density at radius 2 is 1.79 bits per heavy atom. The van der Waals surface area contributed by atoms with Gasteiger partial charge in [-0.25, -0.2) is 4.39 Å². The molecule has 0 aromatic heterocycles. The minimum Gasteiger partial charge on any atom is -0.207 e. The predicted molar refractivity (Wildman–Crippen MR) is 82.7 cm³/mol. The van der Waals surface area contributed by atoms with E-state index >= 15 is 0 Å². The molecule has 1 atom stereocenters. The highest BCUT2D eigenvalue weighted by Gasteiger charge is 2.19. The lowest BCUT2D eigenvalue weighted by atomic mass is 9.98. The van der Waals surface area contributed by atoms with Crippen LogP contribution in [0.2, 0.25) is 5.02 Å². The Kier molecular flexibility index (Phi) is 4.54. The summed E-state index contributed by atoms with van der Waals surface area (Å²) in [6.45, 7) is 3.94. The quantitative estimate of drug-likeness (QED) is 0.442. The largest absolute Gasteiger partial charge is 0.207 e. The van der Waals surface area contributed by atoms with Gasteiger partial charge in [0.25, 0.3) is 0 Å². The zero-order chi connectivity index (χ0) is 14.2. The maximum absolute atomic E-state index is 14.0. The molecule has 0 N–H and O–H groups in total. The third-order valence-electron chi connectivity index (χ3n) is 3.02. The van der Waals surface area contributed by atoms with Gasteiger partial charge in [0.15, 0.2) is 0 Å². The molecule has 0 aliphatic rings. The van der Waals surface area contributed by atoms with Crippen LogP contribution in [-0.2, 0) is 0 Å². The molecule has 0 saturated carbocycles. The number of hydrogen-bond acceptors (Lipinski definition) is 0. The van der Waals surface area contributed by atoms with Gasteiger partial charge < -0.3 is 0 Å². The number of hydrogen-bond donors (Lipinski definition) is 0. The Morgan fingerprint density at radius 1 is 1.11 bits per heavy atom. The fourth-order valence-corrected chi connectivity index (χ4v) is 2.82. The number of halogens is 4. The average Bonchev–Trinajstić information content (AvgIpc) is 2.36. The second-order valence-corrected chi connectivity index (χ2v) is 6.21. The van der Waals surface area contributed by atoms with Crippen molar-refractivity contribution in [2.75, 3.05) is 0 Å². The van der Waals surface area contributed by atoms with Crippen LogP contribution >= 0.6 is 39.1 Å².